The van der Waals surface area contributed by atoms with Gasteiger partial charge in [-0.15, -0.1) is 0 Å². The molecule has 1 unspecified atom stereocenters. The summed E-state index contributed by atoms with van der Waals surface area (Å²) in [6.07, 6.45) is -1.89. The Morgan fingerprint density at radius 2 is 1.75 bits per heavy atom. The molecule has 0 radical (unpaired) electrons. The minimum atomic E-state index is -1.65. The number of amides is 2. The summed E-state index contributed by atoms with van der Waals surface area (Å²) in [6, 6.07) is -1.48. The van der Waals surface area contributed by atoms with Crippen molar-refractivity contribution in [3.63, 3.8) is 0 Å². The molecule has 8 heteroatoms. The molecule has 0 aromatic heterocycles. The number of rotatable bonds is 6. The maximum absolute atomic E-state index is 11.8. The SMILES string of the molecule is CC(C)(C)OC(=O)N(C(=O)O)C(CCCCN)C(=O)O. The Hall–Kier alpha value is -1.83. The van der Waals surface area contributed by atoms with Crippen LogP contribution in [-0.4, -0.2) is 51.5 Å². The molecule has 0 fully saturated rings. The molecule has 0 aliphatic rings. The fraction of sp³-hybridized carbons (Fsp3) is 0.750. The fourth-order valence-electron chi connectivity index (χ4n) is 1.49. The summed E-state index contributed by atoms with van der Waals surface area (Å²) in [5, 5.41) is 18.1. The molecule has 0 aliphatic heterocycles. The average Bonchev–Trinajstić information content (AvgIpc) is 2.24. The lowest BCUT2D eigenvalue weighted by atomic mass is 10.1. The molecule has 0 aromatic carbocycles. The molecular weight excluding hydrogens is 268 g/mol. The first-order valence-electron chi connectivity index (χ1n) is 6.28. The van der Waals surface area contributed by atoms with E-state index >= 15 is 0 Å². The van der Waals surface area contributed by atoms with Crippen molar-refractivity contribution in [2.24, 2.45) is 5.73 Å². The van der Waals surface area contributed by atoms with Crippen LogP contribution in [0.3, 0.4) is 0 Å². The maximum atomic E-state index is 11.8. The molecule has 0 saturated heterocycles. The minimum absolute atomic E-state index is 0.00191. The van der Waals surface area contributed by atoms with Crippen molar-refractivity contribution >= 4 is 18.2 Å². The van der Waals surface area contributed by atoms with Gasteiger partial charge in [0.2, 0.25) is 0 Å². The number of carbonyl (C=O) groups is 3. The number of nitrogens with two attached hydrogens (primary N) is 1. The summed E-state index contributed by atoms with van der Waals surface area (Å²) < 4.78 is 4.92. The van der Waals surface area contributed by atoms with Gasteiger partial charge in [0.25, 0.3) is 0 Å². The predicted molar refractivity (Wildman–Crippen MR) is 70.4 cm³/mol. The number of ether oxygens (including phenoxy) is 1. The van der Waals surface area contributed by atoms with E-state index in [2.05, 4.69) is 0 Å². The van der Waals surface area contributed by atoms with Crippen LogP contribution in [0.15, 0.2) is 0 Å². The molecule has 0 bridgehead atoms. The number of aliphatic carboxylic acids is 1. The van der Waals surface area contributed by atoms with Gasteiger partial charge in [0.1, 0.15) is 11.6 Å². The first-order chi connectivity index (χ1) is 9.10. The van der Waals surface area contributed by atoms with Crippen LogP contribution < -0.4 is 5.73 Å². The Balaban J connectivity index is 5.04. The molecule has 116 valence electrons. The fourth-order valence-corrected chi connectivity index (χ4v) is 1.49. The lowest BCUT2D eigenvalue weighted by molar-refractivity contribution is -0.142. The molecule has 0 aromatic rings. The largest absolute Gasteiger partial charge is 0.480 e. The van der Waals surface area contributed by atoms with Crippen molar-refractivity contribution in [1.29, 1.82) is 0 Å². The van der Waals surface area contributed by atoms with Crippen LogP contribution in [-0.2, 0) is 9.53 Å². The smallest absolute Gasteiger partial charge is 0.420 e. The van der Waals surface area contributed by atoms with Gasteiger partial charge in [0.05, 0.1) is 0 Å². The lowest BCUT2D eigenvalue weighted by Crippen LogP contribution is -2.50. The van der Waals surface area contributed by atoms with Gasteiger partial charge in [-0.3, -0.25) is 0 Å². The quantitative estimate of drug-likeness (QED) is 0.631. The van der Waals surface area contributed by atoms with Gasteiger partial charge >= 0.3 is 18.2 Å². The van der Waals surface area contributed by atoms with Crippen LogP contribution >= 0.6 is 0 Å². The molecule has 0 spiro atoms. The number of carboxylic acid groups (broad SMARTS) is 2. The molecule has 4 N–H and O–H groups in total. The molecule has 0 aliphatic carbocycles. The molecule has 1 atom stereocenters. The van der Waals surface area contributed by atoms with E-state index in [1.807, 2.05) is 0 Å². The number of unbranched alkanes of at least 4 members (excludes halogenated alkanes) is 1. The molecule has 2 amide bonds. The van der Waals surface area contributed by atoms with Crippen molar-refractivity contribution in [1.82, 2.24) is 4.90 Å². The first-order valence-corrected chi connectivity index (χ1v) is 6.28. The van der Waals surface area contributed by atoms with Crippen molar-refractivity contribution in [3.05, 3.63) is 0 Å². The highest BCUT2D eigenvalue weighted by atomic mass is 16.6. The minimum Gasteiger partial charge on any atom is -0.480 e. The maximum Gasteiger partial charge on any atom is 0.420 e. The van der Waals surface area contributed by atoms with E-state index in [0.29, 0.717) is 19.4 Å². The average molecular weight is 290 g/mol. The summed E-state index contributed by atoms with van der Waals surface area (Å²) in [5.41, 5.74) is 4.39. The highest BCUT2D eigenvalue weighted by molar-refractivity contribution is 5.92. The van der Waals surface area contributed by atoms with Gasteiger partial charge < -0.3 is 20.7 Å². The lowest BCUT2D eigenvalue weighted by Gasteiger charge is -2.28. The Bertz CT molecular complexity index is 363. The van der Waals surface area contributed by atoms with Crippen LogP contribution in [0.5, 0.6) is 0 Å². The van der Waals surface area contributed by atoms with Gasteiger partial charge in [-0.2, -0.15) is 4.90 Å². The van der Waals surface area contributed by atoms with Crippen LogP contribution in [0.1, 0.15) is 40.0 Å². The number of carboxylic acids is 1. The van der Waals surface area contributed by atoms with Crippen LogP contribution in [0.25, 0.3) is 0 Å². The molecule has 0 heterocycles. The molecule has 0 rings (SSSR count). The third-order valence-electron chi connectivity index (χ3n) is 2.32. The standard InChI is InChI=1S/C12H22N2O6/c1-12(2,3)20-11(19)14(10(17)18)8(9(15)16)6-4-5-7-13/h8H,4-7,13H2,1-3H3,(H,15,16)(H,17,18). The summed E-state index contributed by atoms with van der Waals surface area (Å²) in [5.74, 6) is -1.39. The summed E-state index contributed by atoms with van der Waals surface area (Å²) in [4.78, 5) is 34.3. The number of nitrogens with zero attached hydrogens (tertiary/aromatic N) is 1. The van der Waals surface area contributed by atoms with Gasteiger partial charge in [-0.1, -0.05) is 0 Å². The summed E-state index contributed by atoms with van der Waals surface area (Å²) in [7, 11) is 0. The van der Waals surface area contributed by atoms with E-state index in [1.54, 1.807) is 20.8 Å². The molecule has 20 heavy (non-hydrogen) atoms. The number of hydrogen-bond donors (Lipinski definition) is 3. The van der Waals surface area contributed by atoms with E-state index in [1.165, 1.54) is 0 Å². The third-order valence-corrected chi connectivity index (χ3v) is 2.32. The van der Waals surface area contributed by atoms with E-state index in [0.717, 1.165) is 0 Å². The summed E-state index contributed by atoms with van der Waals surface area (Å²) >= 11 is 0. The number of imide groups is 1. The van der Waals surface area contributed by atoms with Gasteiger partial charge in [0.15, 0.2) is 0 Å². The van der Waals surface area contributed by atoms with Crippen molar-refractivity contribution in [2.45, 2.75) is 51.7 Å². The zero-order valence-corrected chi connectivity index (χ0v) is 12.0. The normalized spacial score (nSPS) is 12.6. The van der Waals surface area contributed by atoms with Crippen molar-refractivity contribution in [2.75, 3.05) is 6.54 Å². The summed E-state index contributed by atoms with van der Waals surface area (Å²) in [6.45, 7) is 5.06. The third kappa shape index (κ3) is 6.37. The highest BCUT2D eigenvalue weighted by Gasteiger charge is 2.37. The van der Waals surface area contributed by atoms with E-state index < -0.39 is 29.8 Å². The second-order valence-electron chi connectivity index (χ2n) is 5.27. The van der Waals surface area contributed by atoms with E-state index in [4.69, 9.17) is 20.7 Å². The zero-order valence-electron chi connectivity index (χ0n) is 12.0. The van der Waals surface area contributed by atoms with Crippen LogP contribution in [0.2, 0.25) is 0 Å². The Labute approximate surface area is 117 Å². The topological polar surface area (TPSA) is 130 Å². The zero-order chi connectivity index (χ0) is 15.9. The Morgan fingerprint density at radius 3 is 2.10 bits per heavy atom. The molecule has 8 nitrogen and oxygen atoms in total. The van der Waals surface area contributed by atoms with E-state index in [-0.39, 0.29) is 11.3 Å². The second kappa shape index (κ2) is 7.68. The number of carbonyl (C=O) groups excluding carboxylic acids is 1. The van der Waals surface area contributed by atoms with Crippen LogP contribution in [0.4, 0.5) is 9.59 Å². The first kappa shape index (κ1) is 18.2. The van der Waals surface area contributed by atoms with Crippen molar-refractivity contribution < 1.29 is 29.3 Å². The Morgan fingerprint density at radius 1 is 1.20 bits per heavy atom. The monoisotopic (exact) mass is 290 g/mol. The van der Waals surface area contributed by atoms with Gasteiger partial charge in [-0.25, -0.2) is 14.4 Å². The number of hydrogen-bond acceptors (Lipinski definition) is 5. The van der Waals surface area contributed by atoms with Gasteiger partial charge in [0, 0.05) is 0 Å². The second-order valence-corrected chi connectivity index (χ2v) is 5.27. The molecule has 0 saturated carbocycles. The van der Waals surface area contributed by atoms with Crippen molar-refractivity contribution in [3.8, 4) is 0 Å². The highest BCUT2D eigenvalue weighted by Crippen LogP contribution is 2.16. The molecular formula is C12H22N2O6. The van der Waals surface area contributed by atoms with E-state index in [9.17, 15) is 14.4 Å². The van der Waals surface area contributed by atoms with Gasteiger partial charge in [-0.05, 0) is 46.6 Å². The predicted octanol–water partition coefficient (Wildman–Crippen LogP) is 1.48. The van der Waals surface area contributed by atoms with Crippen LogP contribution in [0, 0.1) is 0 Å². The Kier molecular flexibility index (Phi) is 6.98.